The number of carbonyl (C=O) groups excluding carboxylic acids is 1. The van der Waals surface area contributed by atoms with Crippen molar-refractivity contribution in [3.05, 3.63) is 90.8 Å². The summed E-state index contributed by atoms with van der Waals surface area (Å²) in [6.45, 7) is 9.21. The zero-order valence-corrected chi connectivity index (χ0v) is 21.7. The fourth-order valence-electron chi connectivity index (χ4n) is 4.22. The van der Waals surface area contributed by atoms with Crippen LogP contribution in [0.2, 0.25) is 0 Å². The number of benzene rings is 2. The van der Waals surface area contributed by atoms with E-state index < -0.39 is 0 Å². The van der Waals surface area contributed by atoms with Gasteiger partial charge in [-0.3, -0.25) is 4.79 Å². The Morgan fingerprint density at radius 2 is 1.78 bits per heavy atom. The average Bonchev–Trinajstić information content (AvgIpc) is 3.40. The Kier molecular flexibility index (Phi) is 8.40. The van der Waals surface area contributed by atoms with Crippen LogP contribution in [0.15, 0.2) is 95.8 Å². The Morgan fingerprint density at radius 1 is 1.05 bits per heavy atom. The second kappa shape index (κ2) is 12.1. The van der Waals surface area contributed by atoms with E-state index in [9.17, 15) is 4.79 Å². The van der Waals surface area contributed by atoms with Gasteiger partial charge in [0.2, 0.25) is 5.78 Å². The van der Waals surface area contributed by atoms with Crippen LogP contribution < -0.4 is 21.3 Å². The highest BCUT2D eigenvalue weighted by molar-refractivity contribution is 6.23. The Hall–Kier alpha value is -4.33. The standard InChI is InChI=1S/C29H35N7O/c1-4-36(21(2)3)25-12-10-24(11-13-25)33-27-19-28(29(37)18-26(27)30)34-23-8-6-22(7-9-23)32-14-5-16-35-17-15-31-20-35/h6-13,15,17-21,32,34H,4-5,14,16,30H2,1-3H3/b33-27+. The monoisotopic (exact) mass is 497 g/mol. The summed E-state index contributed by atoms with van der Waals surface area (Å²) in [5.74, 6) is -0.177. The van der Waals surface area contributed by atoms with Crippen molar-refractivity contribution in [3.8, 4) is 0 Å². The van der Waals surface area contributed by atoms with Gasteiger partial charge in [-0.05, 0) is 81.8 Å². The Balaban J connectivity index is 1.39. The number of carbonyl (C=O) groups is 1. The first kappa shape index (κ1) is 25.8. The first-order valence-electron chi connectivity index (χ1n) is 12.7. The van der Waals surface area contributed by atoms with Gasteiger partial charge in [-0.25, -0.2) is 9.98 Å². The van der Waals surface area contributed by atoms with Crippen LogP contribution in [0.3, 0.4) is 0 Å². The van der Waals surface area contributed by atoms with Gasteiger partial charge in [0.25, 0.3) is 0 Å². The molecule has 192 valence electrons. The molecule has 0 saturated carbocycles. The summed E-state index contributed by atoms with van der Waals surface area (Å²) < 4.78 is 2.06. The van der Waals surface area contributed by atoms with Gasteiger partial charge in [-0.2, -0.15) is 0 Å². The van der Waals surface area contributed by atoms with Crippen molar-refractivity contribution >= 4 is 34.2 Å². The molecule has 0 spiro atoms. The fourth-order valence-corrected chi connectivity index (χ4v) is 4.22. The third-order valence-electron chi connectivity index (χ3n) is 6.17. The molecule has 0 atom stereocenters. The minimum atomic E-state index is -0.177. The van der Waals surface area contributed by atoms with Gasteiger partial charge < -0.3 is 25.8 Å². The molecule has 0 saturated heterocycles. The van der Waals surface area contributed by atoms with Crippen molar-refractivity contribution in [1.82, 2.24) is 9.55 Å². The minimum absolute atomic E-state index is 0.177. The first-order chi connectivity index (χ1) is 17.9. The van der Waals surface area contributed by atoms with E-state index in [1.807, 2.05) is 48.9 Å². The summed E-state index contributed by atoms with van der Waals surface area (Å²) in [5, 5.41) is 6.63. The van der Waals surface area contributed by atoms with Gasteiger partial charge in [0.05, 0.1) is 29.1 Å². The average molecular weight is 498 g/mol. The molecule has 1 aromatic heterocycles. The molecule has 0 fully saturated rings. The lowest BCUT2D eigenvalue weighted by Gasteiger charge is -2.27. The van der Waals surface area contributed by atoms with Crippen LogP contribution in [0, 0.1) is 0 Å². The van der Waals surface area contributed by atoms with Crippen molar-refractivity contribution in [2.75, 3.05) is 28.6 Å². The molecule has 4 N–H and O–H groups in total. The van der Waals surface area contributed by atoms with E-state index in [-0.39, 0.29) is 5.78 Å². The zero-order valence-electron chi connectivity index (χ0n) is 21.7. The number of imidazole rings is 1. The van der Waals surface area contributed by atoms with Crippen molar-refractivity contribution in [2.24, 2.45) is 10.7 Å². The van der Waals surface area contributed by atoms with E-state index in [0.29, 0.717) is 23.1 Å². The van der Waals surface area contributed by atoms with Crippen LogP contribution in [-0.4, -0.2) is 40.2 Å². The Labute approximate surface area is 218 Å². The largest absolute Gasteiger partial charge is 0.397 e. The SMILES string of the molecule is CCN(c1ccc(/N=C2\C=C(Nc3ccc(NCCCn4ccnc4)cc3)C(=O)C=C2N)cc1)C(C)C. The summed E-state index contributed by atoms with van der Waals surface area (Å²) in [4.78, 5) is 23.7. The molecule has 8 heteroatoms. The van der Waals surface area contributed by atoms with E-state index >= 15 is 0 Å². The molecule has 8 nitrogen and oxygen atoms in total. The maximum Gasteiger partial charge on any atom is 0.204 e. The van der Waals surface area contributed by atoms with Crippen molar-refractivity contribution in [1.29, 1.82) is 0 Å². The second-order valence-electron chi connectivity index (χ2n) is 9.20. The predicted molar refractivity (Wildman–Crippen MR) is 152 cm³/mol. The molecule has 2 aromatic carbocycles. The molecule has 3 aromatic rings. The minimum Gasteiger partial charge on any atom is -0.397 e. The maximum atomic E-state index is 12.6. The number of nitrogens with zero attached hydrogens (tertiary/aromatic N) is 4. The van der Waals surface area contributed by atoms with Gasteiger partial charge in [-0.1, -0.05) is 0 Å². The van der Waals surface area contributed by atoms with Gasteiger partial charge in [0.15, 0.2) is 0 Å². The number of aromatic nitrogens is 2. The van der Waals surface area contributed by atoms with Crippen LogP contribution in [-0.2, 0) is 11.3 Å². The van der Waals surface area contributed by atoms with Crippen LogP contribution in [0.4, 0.5) is 22.7 Å². The number of nitrogens with one attached hydrogen (secondary N) is 2. The van der Waals surface area contributed by atoms with Gasteiger partial charge in [0, 0.05) is 61.2 Å². The number of aryl methyl sites for hydroxylation is 1. The molecule has 0 radical (unpaired) electrons. The van der Waals surface area contributed by atoms with Crippen molar-refractivity contribution in [2.45, 2.75) is 39.8 Å². The smallest absolute Gasteiger partial charge is 0.204 e. The third kappa shape index (κ3) is 6.88. The molecule has 37 heavy (non-hydrogen) atoms. The highest BCUT2D eigenvalue weighted by Crippen LogP contribution is 2.24. The summed E-state index contributed by atoms with van der Waals surface area (Å²) in [5.41, 5.74) is 11.2. The van der Waals surface area contributed by atoms with E-state index in [1.165, 1.54) is 6.08 Å². The molecule has 0 unspecified atom stereocenters. The van der Waals surface area contributed by atoms with E-state index in [4.69, 9.17) is 10.7 Å². The number of hydrogen-bond donors (Lipinski definition) is 3. The number of allylic oxidation sites excluding steroid dienone is 2. The number of ketones is 1. The first-order valence-corrected chi connectivity index (χ1v) is 12.7. The predicted octanol–water partition coefficient (Wildman–Crippen LogP) is 5.11. The Morgan fingerprint density at radius 3 is 2.43 bits per heavy atom. The normalized spacial score (nSPS) is 14.5. The molecule has 1 aliphatic rings. The number of anilines is 3. The summed E-state index contributed by atoms with van der Waals surface area (Å²) >= 11 is 0. The summed E-state index contributed by atoms with van der Waals surface area (Å²) in [6, 6.07) is 16.4. The Bertz CT molecular complexity index is 1270. The van der Waals surface area contributed by atoms with Crippen LogP contribution in [0.5, 0.6) is 0 Å². The molecule has 0 bridgehead atoms. The van der Waals surface area contributed by atoms with Crippen LogP contribution in [0.1, 0.15) is 27.2 Å². The second-order valence-corrected chi connectivity index (χ2v) is 9.20. The maximum absolute atomic E-state index is 12.6. The highest BCUT2D eigenvalue weighted by Gasteiger charge is 2.17. The lowest BCUT2D eigenvalue weighted by Crippen LogP contribution is -2.30. The highest BCUT2D eigenvalue weighted by atomic mass is 16.1. The van der Waals surface area contributed by atoms with Gasteiger partial charge in [0.1, 0.15) is 0 Å². The number of aliphatic imine (C=N–C) groups is 1. The number of hydrogen-bond acceptors (Lipinski definition) is 7. The molecule has 0 aliphatic heterocycles. The van der Waals surface area contributed by atoms with E-state index in [1.54, 1.807) is 12.3 Å². The molecular weight excluding hydrogens is 462 g/mol. The van der Waals surface area contributed by atoms with Crippen molar-refractivity contribution in [3.63, 3.8) is 0 Å². The lowest BCUT2D eigenvalue weighted by atomic mass is 10.1. The topological polar surface area (TPSA) is 101 Å². The number of nitrogens with two attached hydrogens (primary N) is 1. The van der Waals surface area contributed by atoms with E-state index in [0.717, 1.165) is 48.8 Å². The molecular formula is C29H35N7O. The van der Waals surface area contributed by atoms with Crippen LogP contribution >= 0.6 is 0 Å². The third-order valence-corrected chi connectivity index (χ3v) is 6.17. The lowest BCUT2D eigenvalue weighted by molar-refractivity contribution is -0.111. The molecule has 4 rings (SSSR count). The zero-order chi connectivity index (χ0) is 26.2. The molecule has 1 heterocycles. The molecule has 1 aliphatic carbocycles. The van der Waals surface area contributed by atoms with Gasteiger partial charge >= 0.3 is 0 Å². The quantitative estimate of drug-likeness (QED) is 0.251. The fraction of sp³-hybridized carbons (Fsp3) is 0.276. The molecule has 0 amide bonds. The summed E-state index contributed by atoms with van der Waals surface area (Å²) in [6.07, 6.45) is 9.69. The van der Waals surface area contributed by atoms with E-state index in [2.05, 4.69) is 58.0 Å². The summed E-state index contributed by atoms with van der Waals surface area (Å²) in [7, 11) is 0. The number of rotatable bonds is 11. The van der Waals surface area contributed by atoms with Crippen LogP contribution in [0.25, 0.3) is 0 Å². The van der Waals surface area contributed by atoms with Gasteiger partial charge in [-0.15, -0.1) is 0 Å². The van der Waals surface area contributed by atoms with Crippen molar-refractivity contribution < 1.29 is 4.79 Å².